The average Bonchev–Trinajstić information content (AvgIpc) is 3.14. The van der Waals surface area contributed by atoms with Gasteiger partial charge in [0.15, 0.2) is 11.6 Å². The number of hydrogen-bond acceptors (Lipinski definition) is 5. The van der Waals surface area contributed by atoms with Gasteiger partial charge in [0.25, 0.3) is 5.91 Å². The topological polar surface area (TPSA) is 70.8 Å². The molecule has 0 unspecified atom stereocenters. The van der Waals surface area contributed by atoms with Gasteiger partial charge in [0.1, 0.15) is 5.56 Å². The van der Waals surface area contributed by atoms with Crippen LogP contribution in [0.5, 0.6) is 0 Å². The van der Waals surface area contributed by atoms with Gasteiger partial charge in [-0.05, 0) is 26.3 Å². The van der Waals surface area contributed by atoms with Gasteiger partial charge in [-0.15, -0.1) is 0 Å². The van der Waals surface area contributed by atoms with E-state index >= 15 is 0 Å². The van der Waals surface area contributed by atoms with Crippen LogP contribution in [0.15, 0.2) is 35.5 Å². The van der Waals surface area contributed by atoms with Crippen LogP contribution < -0.4 is 4.90 Å². The smallest absolute Gasteiger partial charge is 0.265 e. The number of Topliss-reactive ketones (excluding diaryl/α,β-unsaturated/α-hetero) is 1. The van der Waals surface area contributed by atoms with Crippen LogP contribution in [-0.2, 0) is 6.54 Å². The second kappa shape index (κ2) is 5.52. The lowest BCUT2D eigenvalue weighted by Crippen LogP contribution is -2.48. The molecule has 1 aromatic heterocycles. The van der Waals surface area contributed by atoms with Crippen LogP contribution in [0.2, 0.25) is 0 Å². The zero-order valence-electron chi connectivity index (χ0n) is 15.4. The number of amides is 1. The third kappa shape index (κ3) is 2.60. The minimum atomic E-state index is -0.252. The van der Waals surface area contributed by atoms with E-state index in [1.165, 1.54) is 0 Å². The third-order valence-corrected chi connectivity index (χ3v) is 4.73. The van der Waals surface area contributed by atoms with Gasteiger partial charge in [-0.3, -0.25) is 24.1 Å². The highest BCUT2D eigenvalue weighted by Crippen LogP contribution is 2.33. The largest absolute Gasteiger partial charge is 0.295 e. The Balaban J connectivity index is 1.65. The molecule has 3 heterocycles. The SMILES string of the molecule is CC(=O)c1ccc(Cn2cc3c(n2)N2CC(C)(C)N=C2N(C)C3=O)cc1. The standard InChI is InChI=1S/C19H21N5O2/c1-12(25)14-7-5-13(6-8-14)9-23-10-15-16(21-23)24-11-19(2,3)20-18(24)22(4)17(15)26/h5-8,10H,9,11H2,1-4H3. The van der Waals surface area contributed by atoms with E-state index in [0.717, 1.165) is 5.56 Å². The average molecular weight is 351 g/mol. The molecule has 2 aliphatic rings. The van der Waals surface area contributed by atoms with Crippen molar-refractivity contribution >= 4 is 23.5 Å². The summed E-state index contributed by atoms with van der Waals surface area (Å²) < 4.78 is 1.77. The highest BCUT2D eigenvalue weighted by molar-refractivity contribution is 6.18. The van der Waals surface area contributed by atoms with Crippen molar-refractivity contribution in [1.82, 2.24) is 14.7 Å². The number of anilines is 1. The van der Waals surface area contributed by atoms with E-state index in [1.807, 2.05) is 43.0 Å². The predicted octanol–water partition coefficient (Wildman–Crippen LogP) is 2.17. The molecule has 134 valence electrons. The predicted molar refractivity (Wildman–Crippen MR) is 98.7 cm³/mol. The first kappa shape index (κ1) is 16.5. The maximum Gasteiger partial charge on any atom is 0.265 e. The summed E-state index contributed by atoms with van der Waals surface area (Å²) in [5.41, 5.74) is 2.04. The second-order valence-corrected chi connectivity index (χ2v) is 7.49. The summed E-state index contributed by atoms with van der Waals surface area (Å²) in [6.45, 7) is 6.87. The van der Waals surface area contributed by atoms with Crippen molar-refractivity contribution < 1.29 is 9.59 Å². The Morgan fingerprint density at radius 3 is 2.58 bits per heavy atom. The molecule has 1 amide bonds. The lowest BCUT2D eigenvalue weighted by Gasteiger charge is -2.30. The molecule has 1 aromatic carbocycles. The molecule has 7 heteroatoms. The molecule has 0 saturated carbocycles. The normalized spacial score (nSPS) is 17.8. The lowest BCUT2D eigenvalue weighted by molar-refractivity contribution is 0.0865. The summed E-state index contributed by atoms with van der Waals surface area (Å²) in [7, 11) is 1.75. The van der Waals surface area contributed by atoms with Crippen molar-refractivity contribution in [2.24, 2.45) is 4.99 Å². The van der Waals surface area contributed by atoms with E-state index in [-0.39, 0.29) is 17.2 Å². The third-order valence-electron chi connectivity index (χ3n) is 4.73. The monoisotopic (exact) mass is 351 g/mol. The van der Waals surface area contributed by atoms with Crippen LogP contribution in [0.25, 0.3) is 0 Å². The minimum Gasteiger partial charge on any atom is -0.295 e. The summed E-state index contributed by atoms with van der Waals surface area (Å²) in [6, 6.07) is 7.45. The lowest BCUT2D eigenvalue weighted by atomic mass is 10.1. The molecule has 2 aliphatic heterocycles. The van der Waals surface area contributed by atoms with Crippen molar-refractivity contribution in [3.05, 3.63) is 47.2 Å². The number of nitrogens with zero attached hydrogens (tertiary/aromatic N) is 5. The van der Waals surface area contributed by atoms with Gasteiger partial charge in [0.2, 0.25) is 5.96 Å². The van der Waals surface area contributed by atoms with E-state index in [0.29, 0.717) is 36.0 Å². The number of hydrogen-bond donors (Lipinski definition) is 0. The fourth-order valence-electron chi connectivity index (χ4n) is 3.40. The van der Waals surface area contributed by atoms with Crippen molar-refractivity contribution in [3.8, 4) is 0 Å². The number of rotatable bonds is 3. The van der Waals surface area contributed by atoms with E-state index in [4.69, 9.17) is 0 Å². The Labute approximate surface area is 151 Å². The van der Waals surface area contributed by atoms with Crippen molar-refractivity contribution in [2.45, 2.75) is 32.9 Å². The molecule has 0 bridgehead atoms. The molecule has 7 nitrogen and oxygen atoms in total. The van der Waals surface area contributed by atoms with Gasteiger partial charge < -0.3 is 0 Å². The van der Waals surface area contributed by atoms with Gasteiger partial charge in [0.05, 0.1) is 18.6 Å². The first-order chi connectivity index (χ1) is 12.2. The van der Waals surface area contributed by atoms with Crippen molar-refractivity contribution in [2.75, 3.05) is 18.5 Å². The summed E-state index contributed by atoms with van der Waals surface area (Å²) >= 11 is 0. The fraction of sp³-hybridized carbons (Fsp3) is 0.368. The number of fused-ring (bicyclic) bond motifs is 3. The molecule has 0 aliphatic carbocycles. The van der Waals surface area contributed by atoms with E-state index in [1.54, 1.807) is 29.7 Å². The fourth-order valence-corrected chi connectivity index (χ4v) is 3.40. The number of aliphatic imine (C=N–C) groups is 1. The molecule has 0 atom stereocenters. The number of guanidine groups is 1. The van der Waals surface area contributed by atoms with Crippen LogP contribution in [0, 0.1) is 0 Å². The number of carbonyl (C=O) groups excluding carboxylic acids is 2. The molecule has 0 N–H and O–H groups in total. The molecule has 0 spiro atoms. The van der Waals surface area contributed by atoms with E-state index < -0.39 is 0 Å². The summed E-state index contributed by atoms with van der Waals surface area (Å²) in [5.74, 6) is 1.27. The summed E-state index contributed by atoms with van der Waals surface area (Å²) in [5, 5.41) is 4.64. The van der Waals surface area contributed by atoms with E-state index in [9.17, 15) is 9.59 Å². The van der Waals surface area contributed by atoms with Crippen LogP contribution in [0.4, 0.5) is 5.82 Å². The molecule has 0 radical (unpaired) electrons. The van der Waals surface area contributed by atoms with Gasteiger partial charge in [-0.2, -0.15) is 5.10 Å². The first-order valence-electron chi connectivity index (χ1n) is 8.58. The Morgan fingerprint density at radius 2 is 1.92 bits per heavy atom. The van der Waals surface area contributed by atoms with Gasteiger partial charge in [0, 0.05) is 18.8 Å². The second-order valence-electron chi connectivity index (χ2n) is 7.49. The zero-order valence-corrected chi connectivity index (χ0v) is 15.4. The Hall–Kier alpha value is -2.96. The van der Waals surface area contributed by atoms with Crippen molar-refractivity contribution in [3.63, 3.8) is 0 Å². The van der Waals surface area contributed by atoms with Crippen LogP contribution in [-0.4, -0.2) is 51.5 Å². The molecule has 26 heavy (non-hydrogen) atoms. The van der Waals surface area contributed by atoms with Gasteiger partial charge >= 0.3 is 0 Å². The Kier molecular flexibility index (Phi) is 3.50. The van der Waals surface area contributed by atoms with Crippen LogP contribution in [0.1, 0.15) is 47.1 Å². The van der Waals surface area contributed by atoms with Gasteiger partial charge in [-0.25, -0.2) is 4.99 Å². The molecule has 2 aromatic rings. The zero-order chi connectivity index (χ0) is 18.6. The molecule has 0 fully saturated rings. The van der Waals surface area contributed by atoms with Gasteiger partial charge in [-0.1, -0.05) is 24.3 Å². The number of benzene rings is 1. The molecular weight excluding hydrogens is 330 g/mol. The number of carbonyl (C=O) groups is 2. The van der Waals surface area contributed by atoms with Crippen LogP contribution >= 0.6 is 0 Å². The van der Waals surface area contributed by atoms with E-state index in [2.05, 4.69) is 10.1 Å². The highest BCUT2D eigenvalue weighted by atomic mass is 16.2. The molecule has 4 rings (SSSR count). The van der Waals surface area contributed by atoms with Crippen LogP contribution in [0.3, 0.4) is 0 Å². The Morgan fingerprint density at radius 1 is 1.23 bits per heavy atom. The summed E-state index contributed by atoms with van der Waals surface area (Å²) in [4.78, 5) is 32.3. The maximum atomic E-state index is 12.7. The number of ketones is 1. The maximum absolute atomic E-state index is 12.7. The molecule has 0 saturated heterocycles. The quantitative estimate of drug-likeness (QED) is 0.795. The van der Waals surface area contributed by atoms with Crippen molar-refractivity contribution in [1.29, 1.82) is 0 Å². The molecular formula is C19H21N5O2. The first-order valence-corrected chi connectivity index (χ1v) is 8.58. The Bertz CT molecular complexity index is 939. The number of aromatic nitrogens is 2. The highest BCUT2D eigenvalue weighted by Gasteiger charge is 2.43. The minimum absolute atomic E-state index is 0.0446. The summed E-state index contributed by atoms with van der Waals surface area (Å²) in [6.07, 6.45) is 1.79.